The summed E-state index contributed by atoms with van der Waals surface area (Å²) in [5.41, 5.74) is 0. The number of unbranched alkanes of at least 4 members (excludes halogenated alkanes) is 1. The zero-order valence-electron chi connectivity index (χ0n) is 14.7. The molecule has 148 valence electrons. The second kappa shape index (κ2) is 12.1. The van der Waals surface area contributed by atoms with Gasteiger partial charge in [0.25, 0.3) is 0 Å². The molecule has 1 saturated heterocycles. The monoisotopic (exact) mass is 406 g/mol. The van der Waals surface area contributed by atoms with E-state index in [1.54, 1.807) is 0 Å². The van der Waals surface area contributed by atoms with E-state index in [1.165, 1.54) is 19.1 Å². The van der Waals surface area contributed by atoms with Crippen LogP contribution in [0.2, 0.25) is 0 Å². The fourth-order valence-corrected chi connectivity index (χ4v) is 5.45. The minimum absolute atomic E-state index is 0.214. The minimum Gasteiger partial charge on any atom is -0.481 e. The summed E-state index contributed by atoms with van der Waals surface area (Å²) in [6.45, 7) is 1.47. The molecule has 1 heterocycles. The van der Waals surface area contributed by atoms with Gasteiger partial charge in [0, 0.05) is 23.8 Å². The number of nitrogens with one attached hydrogen (secondary N) is 2. The fraction of sp³-hybridized carbons (Fsp3) is 0.750. The van der Waals surface area contributed by atoms with E-state index in [0.29, 0.717) is 11.7 Å². The number of hydrogen-bond donors (Lipinski definition) is 4. The van der Waals surface area contributed by atoms with Crippen molar-refractivity contribution in [2.75, 3.05) is 5.75 Å². The average molecular weight is 407 g/mol. The highest BCUT2D eigenvalue weighted by Crippen LogP contribution is 2.39. The smallest absolute Gasteiger partial charge is 0.326 e. The topological polar surface area (TPSA) is 133 Å². The Balaban J connectivity index is 2.26. The Bertz CT molecular complexity index is 511. The van der Waals surface area contributed by atoms with Gasteiger partial charge in [0.15, 0.2) is 0 Å². The molecule has 26 heavy (non-hydrogen) atoms. The highest BCUT2D eigenvalue weighted by atomic mass is 33.1. The first-order chi connectivity index (χ1) is 12.3. The maximum absolute atomic E-state index is 12.0. The third kappa shape index (κ3) is 9.33. The molecule has 10 heteroatoms. The molecule has 3 unspecified atom stereocenters. The van der Waals surface area contributed by atoms with Crippen LogP contribution in [0.4, 0.5) is 0 Å². The van der Waals surface area contributed by atoms with Crippen molar-refractivity contribution < 1.29 is 29.4 Å². The molecule has 1 rings (SSSR count). The summed E-state index contributed by atoms with van der Waals surface area (Å²) in [7, 11) is 3.80. The number of carbonyl (C=O) groups excluding carboxylic acids is 2. The fourth-order valence-electron chi connectivity index (χ4n) is 2.42. The highest BCUT2D eigenvalue weighted by Gasteiger charge is 2.24. The van der Waals surface area contributed by atoms with Gasteiger partial charge in [-0.1, -0.05) is 28.0 Å². The molecule has 0 spiro atoms. The van der Waals surface area contributed by atoms with E-state index in [1.807, 2.05) is 21.6 Å². The number of hydrogen-bond acceptors (Lipinski definition) is 6. The van der Waals surface area contributed by atoms with Crippen molar-refractivity contribution in [2.24, 2.45) is 0 Å². The Kier molecular flexibility index (Phi) is 10.5. The van der Waals surface area contributed by atoms with Crippen LogP contribution in [0, 0.1) is 0 Å². The lowest BCUT2D eigenvalue weighted by molar-refractivity contribution is -0.143. The Morgan fingerprint density at radius 2 is 1.85 bits per heavy atom. The quantitative estimate of drug-likeness (QED) is 0.284. The predicted molar refractivity (Wildman–Crippen MR) is 101 cm³/mol. The molecule has 0 aromatic heterocycles. The van der Waals surface area contributed by atoms with Crippen LogP contribution in [-0.2, 0) is 19.2 Å². The average Bonchev–Trinajstić information content (AvgIpc) is 3.08. The second-order valence-electron chi connectivity index (χ2n) is 6.20. The summed E-state index contributed by atoms with van der Waals surface area (Å²) in [6.07, 6.45) is 3.75. The molecule has 4 N–H and O–H groups in total. The van der Waals surface area contributed by atoms with Gasteiger partial charge in [-0.2, -0.15) is 0 Å². The van der Waals surface area contributed by atoms with Gasteiger partial charge in [0.1, 0.15) is 12.1 Å². The van der Waals surface area contributed by atoms with Crippen molar-refractivity contribution in [2.45, 2.75) is 69.2 Å². The van der Waals surface area contributed by atoms with Crippen LogP contribution in [0.25, 0.3) is 0 Å². The van der Waals surface area contributed by atoms with E-state index < -0.39 is 29.9 Å². The number of aliphatic carboxylic acids is 2. The molecule has 0 aromatic carbocycles. The van der Waals surface area contributed by atoms with Crippen LogP contribution in [0.1, 0.15) is 51.9 Å². The molecule has 1 aliphatic heterocycles. The molecule has 1 fully saturated rings. The van der Waals surface area contributed by atoms with E-state index in [9.17, 15) is 19.2 Å². The standard InChI is InChI=1S/C16H26N2O6S2/c1-10(15(22)18-12(16(23)24)6-7-14(20)21)17-13(19)5-3-2-4-11-8-9-25-26-11/h10-12H,2-9H2,1H3,(H,17,19)(H,18,22)(H,20,21)(H,23,24). The molecule has 3 atom stereocenters. The Labute approximate surface area is 160 Å². The van der Waals surface area contributed by atoms with Crippen molar-refractivity contribution >= 4 is 45.3 Å². The van der Waals surface area contributed by atoms with Crippen molar-refractivity contribution in [1.29, 1.82) is 0 Å². The zero-order chi connectivity index (χ0) is 19.5. The van der Waals surface area contributed by atoms with Crippen molar-refractivity contribution in [1.82, 2.24) is 10.6 Å². The molecule has 0 aliphatic carbocycles. The summed E-state index contributed by atoms with van der Waals surface area (Å²) in [5.74, 6) is -2.15. The zero-order valence-corrected chi connectivity index (χ0v) is 16.4. The van der Waals surface area contributed by atoms with Gasteiger partial charge in [-0.3, -0.25) is 14.4 Å². The third-order valence-corrected chi connectivity index (χ3v) is 6.95. The minimum atomic E-state index is -1.30. The van der Waals surface area contributed by atoms with Gasteiger partial charge in [-0.25, -0.2) is 4.79 Å². The highest BCUT2D eigenvalue weighted by molar-refractivity contribution is 8.77. The van der Waals surface area contributed by atoms with Crippen LogP contribution in [0.3, 0.4) is 0 Å². The number of rotatable bonds is 12. The summed E-state index contributed by atoms with van der Waals surface area (Å²) in [6, 6.07) is -2.17. The maximum atomic E-state index is 12.0. The molecule has 0 aromatic rings. The Morgan fingerprint density at radius 3 is 2.42 bits per heavy atom. The maximum Gasteiger partial charge on any atom is 0.326 e. The lowest BCUT2D eigenvalue weighted by Crippen LogP contribution is -2.50. The SMILES string of the molecule is CC(NC(=O)CCCCC1CCSS1)C(=O)NC(CCC(=O)O)C(=O)O. The Hall–Kier alpha value is -1.42. The molecular weight excluding hydrogens is 380 g/mol. The number of carboxylic acids is 2. The molecular formula is C16H26N2O6S2. The van der Waals surface area contributed by atoms with Crippen LogP contribution in [0.15, 0.2) is 0 Å². The predicted octanol–water partition coefficient (Wildman–Crippen LogP) is 1.64. The first kappa shape index (κ1) is 22.6. The molecule has 1 aliphatic rings. The second-order valence-corrected chi connectivity index (χ2v) is 8.98. The number of carbonyl (C=O) groups is 4. The van der Waals surface area contributed by atoms with Crippen LogP contribution >= 0.6 is 21.6 Å². The summed E-state index contributed by atoms with van der Waals surface area (Å²) >= 11 is 0. The number of carboxylic acid groups (broad SMARTS) is 2. The molecule has 8 nitrogen and oxygen atoms in total. The lowest BCUT2D eigenvalue weighted by Gasteiger charge is -2.18. The van der Waals surface area contributed by atoms with Crippen LogP contribution in [0.5, 0.6) is 0 Å². The number of amides is 2. The normalized spacial score (nSPS) is 18.7. The molecule has 0 saturated carbocycles. The summed E-state index contributed by atoms with van der Waals surface area (Å²) in [4.78, 5) is 45.5. The van der Waals surface area contributed by atoms with Crippen LogP contribution < -0.4 is 10.6 Å². The molecule has 0 radical (unpaired) electrons. The van der Waals surface area contributed by atoms with E-state index in [-0.39, 0.29) is 18.7 Å². The first-order valence-corrected chi connectivity index (χ1v) is 11.0. The van der Waals surface area contributed by atoms with Crippen molar-refractivity contribution in [3.63, 3.8) is 0 Å². The molecule has 0 bridgehead atoms. The van der Waals surface area contributed by atoms with Gasteiger partial charge >= 0.3 is 11.9 Å². The van der Waals surface area contributed by atoms with E-state index in [4.69, 9.17) is 10.2 Å². The van der Waals surface area contributed by atoms with E-state index >= 15 is 0 Å². The van der Waals surface area contributed by atoms with Crippen molar-refractivity contribution in [3.8, 4) is 0 Å². The van der Waals surface area contributed by atoms with Gasteiger partial charge in [0.2, 0.25) is 11.8 Å². The van der Waals surface area contributed by atoms with Gasteiger partial charge in [-0.05, 0) is 32.6 Å². The van der Waals surface area contributed by atoms with E-state index in [2.05, 4.69) is 10.6 Å². The van der Waals surface area contributed by atoms with Crippen LogP contribution in [-0.4, -0.2) is 57.1 Å². The van der Waals surface area contributed by atoms with E-state index in [0.717, 1.165) is 19.3 Å². The van der Waals surface area contributed by atoms with Crippen molar-refractivity contribution in [3.05, 3.63) is 0 Å². The third-order valence-electron chi connectivity index (χ3n) is 3.94. The summed E-state index contributed by atoms with van der Waals surface area (Å²) in [5, 5.41) is 23.1. The lowest BCUT2D eigenvalue weighted by atomic mass is 10.1. The Morgan fingerprint density at radius 1 is 1.12 bits per heavy atom. The van der Waals surface area contributed by atoms with Gasteiger partial charge in [-0.15, -0.1) is 0 Å². The first-order valence-electron chi connectivity index (χ1n) is 8.62. The summed E-state index contributed by atoms with van der Waals surface area (Å²) < 4.78 is 0. The van der Waals surface area contributed by atoms with Gasteiger partial charge < -0.3 is 20.8 Å². The largest absolute Gasteiger partial charge is 0.481 e. The molecule has 2 amide bonds. The van der Waals surface area contributed by atoms with Gasteiger partial charge in [0.05, 0.1) is 0 Å².